The molecule has 0 aliphatic carbocycles. The minimum absolute atomic E-state index is 0.371. The molecule has 17 heavy (non-hydrogen) atoms. The first-order valence-electron chi connectivity index (χ1n) is 5.01. The summed E-state index contributed by atoms with van der Waals surface area (Å²) in [6.45, 7) is 3.22. The molecule has 0 radical (unpaired) electrons. The van der Waals surface area contributed by atoms with E-state index in [1.165, 1.54) is 0 Å². The number of hydrogen-bond donors (Lipinski definition) is 1. The van der Waals surface area contributed by atoms with Gasteiger partial charge in [0.25, 0.3) is 0 Å². The number of nitrogens with zero attached hydrogens (tertiary/aromatic N) is 3. The van der Waals surface area contributed by atoms with Gasteiger partial charge in [-0.3, -0.25) is 4.79 Å². The van der Waals surface area contributed by atoms with Gasteiger partial charge < -0.3 is 5.11 Å². The molecule has 0 atom stereocenters. The van der Waals surface area contributed by atoms with Crippen LogP contribution < -0.4 is 0 Å². The Labute approximate surface area is 102 Å². The van der Waals surface area contributed by atoms with Gasteiger partial charge in [-0.1, -0.05) is 23.9 Å². The lowest BCUT2D eigenvalue weighted by Crippen LogP contribution is -2.27. The third kappa shape index (κ3) is 2.52. The molecule has 0 aliphatic rings. The van der Waals surface area contributed by atoms with E-state index >= 15 is 0 Å². The van der Waals surface area contributed by atoms with Crippen molar-refractivity contribution in [1.82, 2.24) is 15.2 Å². The number of thioether (sulfide) groups is 1. The molecule has 1 aromatic carbocycles. The zero-order chi connectivity index (χ0) is 12.5. The average Bonchev–Trinajstić information content (AvgIpc) is 2.28. The molecule has 0 bridgehead atoms. The van der Waals surface area contributed by atoms with Crippen molar-refractivity contribution in [2.24, 2.45) is 0 Å². The van der Waals surface area contributed by atoms with Gasteiger partial charge in [-0.2, -0.15) is 0 Å². The first-order valence-corrected chi connectivity index (χ1v) is 5.82. The van der Waals surface area contributed by atoms with Gasteiger partial charge in [0.05, 0.1) is 5.52 Å². The monoisotopic (exact) mass is 249 g/mol. The maximum absolute atomic E-state index is 11.0. The predicted octanol–water partition coefficient (Wildman–Crippen LogP) is 1.98. The Morgan fingerprint density at radius 1 is 1.24 bits per heavy atom. The first kappa shape index (κ1) is 11.8. The quantitative estimate of drug-likeness (QED) is 0.838. The van der Waals surface area contributed by atoms with E-state index in [1.807, 2.05) is 24.3 Å². The van der Waals surface area contributed by atoms with Crippen LogP contribution in [0, 0.1) is 0 Å². The van der Waals surface area contributed by atoms with Gasteiger partial charge in [-0.05, 0) is 26.0 Å². The highest BCUT2D eigenvalue weighted by Crippen LogP contribution is 2.30. The molecule has 0 unspecified atom stereocenters. The van der Waals surface area contributed by atoms with Crippen molar-refractivity contribution in [3.63, 3.8) is 0 Å². The SMILES string of the molecule is CC(C)(Sc1nnc2ccccc2n1)C(=O)O. The summed E-state index contributed by atoms with van der Waals surface area (Å²) < 4.78 is -0.968. The molecule has 2 aromatic rings. The van der Waals surface area contributed by atoms with Crippen molar-refractivity contribution >= 4 is 28.8 Å². The van der Waals surface area contributed by atoms with Crippen molar-refractivity contribution in [2.45, 2.75) is 23.8 Å². The fraction of sp³-hybridized carbons (Fsp3) is 0.273. The van der Waals surface area contributed by atoms with Crippen molar-refractivity contribution < 1.29 is 9.90 Å². The third-order valence-corrected chi connectivity index (χ3v) is 3.24. The summed E-state index contributed by atoms with van der Waals surface area (Å²) in [5, 5.41) is 17.3. The number of carboxylic acid groups (broad SMARTS) is 1. The number of rotatable bonds is 3. The van der Waals surface area contributed by atoms with Crippen LogP contribution in [0.15, 0.2) is 29.4 Å². The van der Waals surface area contributed by atoms with E-state index < -0.39 is 10.7 Å². The number of aliphatic carboxylic acids is 1. The van der Waals surface area contributed by atoms with Gasteiger partial charge in [0, 0.05) is 0 Å². The number of para-hydroxylation sites is 1. The van der Waals surface area contributed by atoms with Crippen molar-refractivity contribution in [2.75, 3.05) is 0 Å². The molecule has 0 amide bonds. The van der Waals surface area contributed by atoms with Crippen LogP contribution in [0.1, 0.15) is 13.8 Å². The Bertz CT molecular complexity index is 571. The topological polar surface area (TPSA) is 76.0 Å². The van der Waals surface area contributed by atoms with Gasteiger partial charge in [0.2, 0.25) is 5.16 Å². The Morgan fingerprint density at radius 2 is 1.88 bits per heavy atom. The molecular formula is C11H11N3O2S. The van der Waals surface area contributed by atoms with E-state index in [1.54, 1.807) is 13.8 Å². The van der Waals surface area contributed by atoms with Crippen LogP contribution in [0.4, 0.5) is 0 Å². The number of carbonyl (C=O) groups is 1. The highest BCUT2D eigenvalue weighted by molar-refractivity contribution is 8.01. The number of aromatic nitrogens is 3. The maximum Gasteiger partial charge on any atom is 0.319 e. The summed E-state index contributed by atoms with van der Waals surface area (Å²) in [4.78, 5) is 15.3. The van der Waals surface area contributed by atoms with Crippen LogP contribution in [0.2, 0.25) is 0 Å². The Morgan fingerprint density at radius 3 is 2.53 bits per heavy atom. The second-order valence-corrected chi connectivity index (χ2v) is 5.59. The summed E-state index contributed by atoms with van der Waals surface area (Å²) >= 11 is 1.08. The molecule has 1 N–H and O–H groups in total. The zero-order valence-electron chi connectivity index (χ0n) is 9.41. The fourth-order valence-corrected chi connectivity index (χ4v) is 1.95. The minimum atomic E-state index is -0.968. The fourth-order valence-electron chi connectivity index (χ4n) is 1.18. The lowest BCUT2D eigenvalue weighted by molar-refractivity contribution is -0.138. The molecule has 1 aromatic heterocycles. The van der Waals surface area contributed by atoms with Gasteiger partial charge in [0.15, 0.2) is 0 Å². The maximum atomic E-state index is 11.0. The molecule has 6 heteroatoms. The summed E-state index contributed by atoms with van der Waals surface area (Å²) in [5.74, 6) is -0.903. The molecule has 2 rings (SSSR count). The summed E-state index contributed by atoms with van der Waals surface area (Å²) in [5.41, 5.74) is 1.41. The van der Waals surface area contributed by atoms with Crippen LogP contribution in [-0.4, -0.2) is 31.0 Å². The van der Waals surface area contributed by atoms with E-state index in [2.05, 4.69) is 15.2 Å². The second kappa shape index (κ2) is 4.29. The summed E-state index contributed by atoms with van der Waals surface area (Å²) in [7, 11) is 0. The number of benzene rings is 1. The Kier molecular flexibility index (Phi) is 2.97. The van der Waals surface area contributed by atoms with E-state index in [4.69, 9.17) is 5.11 Å². The summed E-state index contributed by atoms with van der Waals surface area (Å²) in [6, 6.07) is 7.34. The second-order valence-electron chi connectivity index (χ2n) is 4.00. The van der Waals surface area contributed by atoms with Crippen LogP contribution in [0.25, 0.3) is 11.0 Å². The molecule has 0 aliphatic heterocycles. The van der Waals surface area contributed by atoms with Gasteiger partial charge >= 0.3 is 5.97 Å². The van der Waals surface area contributed by atoms with E-state index in [0.29, 0.717) is 16.2 Å². The van der Waals surface area contributed by atoms with Crippen LogP contribution in [0.3, 0.4) is 0 Å². The van der Waals surface area contributed by atoms with E-state index in [9.17, 15) is 4.79 Å². The van der Waals surface area contributed by atoms with Crippen LogP contribution in [-0.2, 0) is 4.79 Å². The number of carboxylic acids is 1. The van der Waals surface area contributed by atoms with Crippen LogP contribution in [0.5, 0.6) is 0 Å². The van der Waals surface area contributed by atoms with Gasteiger partial charge in [-0.15, -0.1) is 10.2 Å². The minimum Gasteiger partial charge on any atom is -0.480 e. The standard InChI is InChI=1S/C11H11N3O2S/c1-11(2,9(15)16)17-10-12-7-5-3-4-6-8(7)13-14-10/h3-6H,1-2H3,(H,15,16). The van der Waals surface area contributed by atoms with Crippen molar-refractivity contribution in [3.8, 4) is 0 Å². The highest BCUT2D eigenvalue weighted by atomic mass is 32.2. The molecule has 88 valence electrons. The number of fused-ring (bicyclic) bond motifs is 1. The lowest BCUT2D eigenvalue weighted by atomic mass is 10.2. The van der Waals surface area contributed by atoms with Gasteiger partial charge in [-0.25, -0.2) is 4.98 Å². The molecule has 0 spiro atoms. The molecule has 0 saturated carbocycles. The molecular weight excluding hydrogens is 238 g/mol. The van der Waals surface area contributed by atoms with Crippen LogP contribution >= 0.6 is 11.8 Å². The molecule has 0 fully saturated rings. The zero-order valence-corrected chi connectivity index (χ0v) is 10.2. The van der Waals surface area contributed by atoms with Crippen molar-refractivity contribution in [1.29, 1.82) is 0 Å². The normalized spacial score (nSPS) is 11.6. The van der Waals surface area contributed by atoms with Gasteiger partial charge in [0.1, 0.15) is 10.3 Å². The van der Waals surface area contributed by atoms with E-state index in [-0.39, 0.29) is 0 Å². The number of hydrogen-bond acceptors (Lipinski definition) is 5. The summed E-state index contributed by atoms with van der Waals surface area (Å²) in [6.07, 6.45) is 0. The lowest BCUT2D eigenvalue weighted by Gasteiger charge is -2.16. The Hall–Kier alpha value is -1.69. The predicted molar refractivity (Wildman–Crippen MR) is 64.9 cm³/mol. The molecule has 1 heterocycles. The third-order valence-electron chi connectivity index (χ3n) is 2.20. The Balaban J connectivity index is 2.34. The first-order chi connectivity index (χ1) is 7.99. The largest absolute Gasteiger partial charge is 0.480 e. The van der Waals surface area contributed by atoms with E-state index in [0.717, 1.165) is 11.8 Å². The highest BCUT2D eigenvalue weighted by Gasteiger charge is 2.30. The average molecular weight is 249 g/mol. The smallest absolute Gasteiger partial charge is 0.319 e. The van der Waals surface area contributed by atoms with Crippen molar-refractivity contribution in [3.05, 3.63) is 24.3 Å². The molecule has 5 nitrogen and oxygen atoms in total. The molecule has 0 saturated heterocycles.